The largest absolute Gasteiger partial charge is 0.491 e. The number of nitrogens with zero attached hydrogens (tertiary/aromatic N) is 3. The average Bonchev–Trinajstić information content (AvgIpc) is 3.03. The number of aryl methyl sites for hydroxylation is 1. The van der Waals surface area contributed by atoms with Crippen LogP contribution < -0.4 is 10.5 Å². The van der Waals surface area contributed by atoms with Crippen LogP contribution in [-0.2, 0) is 6.54 Å². The van der Waals surface area contributed by atoms with Crippen LogP contribution in [0.4, 0.5) is 15.1 Å². The number of aromatic nitrogens is 2. The van der Waals surface area contributed by atoms with Gasteiger partial charge in [0, 0.05) is 18.7 Å². The molecule has 3 N–H and O–H groups in total. The van der Waals surface area contributed by atoms with Crippen LogP contribution in [0.5, 0.6) is 5.75 Å². The lowest BCUT2D eigenvalue weighted by atomic mass is 9.98. The molecule has 7 nitrogen and oxygen atoms in total. The fourth-order valence-electron chi connectivity index (χ4n) is 4.73. The highest BCUT2D eigenvalue weighted by Crippen LogP contribution is 2.34. The molecule has 168 valence electrons. The number of likely N-dealkylation sites (tertiary alicyclic amines) is 1. The fraction of sp³-hybridized carbons (Fsp3) is 0.417. The highest BCUT2D eigenvalue weighted by atomic mass is 19.1. The van der Waals surface area contributed by atoms with Gasteiger partial charge in [0.05, 0.1) is 30.8 Å². The zero-order valence-corrected chi connectivity index (χ0v) is 18.2. The molecule has 0 unspecified atom stereocenters. The van der Waals surface area contributed by atoms with Crippen LogP contribution in [0.15, 0.2) is 30.3 Å². The monoisotopic (exact) mass is 437 g/mol. The Kier molecular flexibility index (Phi) is 5.36. The molecule has 1 saturated heterocycles. The Morgan fingerprint density at radius 2 is 2.00 bits per heavy atom. The van der Waals surface area contributed by atoms with Crippen LogP contribution in [-0.4, -0.2) is 58.7 Å². The highest BCUT2D eigenvalue weighted by Gasteiger charge is 2.28. The number of nitrogen functional groups attached to an aromatic ring is 1. The van der Waals surface area contributed by atoms with Gasteiger partial charge in [0.1, 0.15) is 12.4 Å². The van der Waals surface area contributed by atoms with Crippen LogP contribution in [0.1, 0.15) is 24.0 Å². The number of halogens is 1. The molecule has 2 aliphatic rings. The minimum atomic E-state index is -0.300. The number of imidazole rings is 1. The third kappa shape index (κ3) is 3.85. The van der Waals surface area contributed by atoms with Gasteiger partial charge in [-0.05, 0) is 66.6 Å². The number of alkyl halides is 1. The number of hydrogen-bond donors (Lipinski definition) is 2. The van der Waals surface area contributed by atoms with Crippen molar-refractivity contribution in [3.8, 4) is 16.9 Å². The quantitative estimate of drug-likeness (QED) is 0.631. The van der Waals surface area contributed by atoms with Gasteiger partial charge in [-0.3, -0.25) is 4.39 Å². The standard InChI is InChI=1S/C24H28FN5O2/c1-15-10-18(17-2-3-20-21(12-17)28-23(26)27-20)11-19-14-30(8-9-32-22(15)19)24(31)29-6-4-16(13-25)5-7-29/h2-3,10-12,16H,4-9,13-14H2,1H3,(H3,26,27,28). The van der Waals surface area contributed by atoms with Gasteiger partial charge < -0.3 is 25.3 Å². The summed E-state index contributed by atoms with van der Waals surface area (Å²) >= 11 is 0. The van der Waals surface area contributed by atoms with Crippen molar-refractivity contribution in [2.45, 2.75) is 26.3 Å². The van der Waals surface area contributed by atoms with E-state index in [0.29, 0.717) is 38.7 Å². The Hall–Kier alpha value is -3.29. The van der Waals surface area contributed by atoms with Crippen molar-refractivity contribution in [1.29, 1.82) is 0 Å². The topological polar surface area (TPSA) is 87.5 Å². The second-order valence-electron chi connectivity index (χ2n) is 8.77. The molecule has 0 atom stereocenters. The molecular formula is C24H28FN5O2. The van der Waals surface area contributed by atoms with E-state index in [1.807, 2.05) is 34.9 Å². The Morgan fingerprint density at radius 1 is 1.19 bits per heavy atom. The molecule has 0 saturated carbocycles. The number of amides is 2. The van der Waals surface area contributed by atoms with E-state index in [9.17, 15) is 9.18 Å². The van der Waals surface area contributed by atoms with Crippen molar-refractivity contribution < 1.29 is 13.9 Å². The van der Waals surface area contributed by atoms with Gasteiger partial charge in [0.15, 0.2) is 5.95 Å². The van der Waals surface area contributed by atoms with E-state index in [2.05, 4.69) is 22.1 Å². The molecule has 0 radical (unpaired) electrons. The molecule has 2 amide bonds. The lowest BCUT2D eigenvalue weighted by molar-refractivity contribution is 0.122. The first kappa shape index (κ1) is 20.6. The number of nitrogens with two attached hydrogens (primary N) is 1. The Morgan fingerprint density at radius 3 is 2.78 bits per heavy atom. The predicted octanol–water partition coefficient (Wildman–Crippen LogP) is 4.12. The third-order valence-corrected chi connectivity index (χ3v) is 6.53. The van der Waals surface area contributed by atoms with Crippen molar-refractivity contribution in [3.05, 3.63) is 41.5 Å². The van der Waals surface area contributed by atoms with E-state index in [4.69, 9.17) is 10.5 Å². The number of carbonyl (C=O) groups is 1. The van der Waals surface area contributed by atoms with Crippen molar-refractivity contribution in [2.24, 2.45) is 5.92 Å². The smallest absolute Gasteiger partial charge is 0.320 e. The molecule has 0 spiro atoms. The van der Waals surface area contributed by atoms with Gasteiger partial charge in [-0.1, -0.05) is 6.07 Å². The lowest BCUT2D eigenvalue weighted by Gasteiger charge is -2.34. The van der Waals surface area contributed by atoms with E-state index in [1.54, 1.807) is 0 Å². The Labute approximate surface area is 186 Å². The second kappa shape index (κ2) is 8.33. The second-order valence-corrected chi connectivity index (χ2v) is 8.77. The summed E-state index contributed by atoms with van der Waals surface area (Å²) in [5, 5.41) is 0. The number of urea groups is 1. The SMILES string of the molecule is Cc1cc(-c2ccc3nc(N)[nH]c3c2)cc2c1OCCN(C(=O)N1CCC(CF)CC1)C2. The molecule has 2 aliphatic heterocycles. The maximum absolute atomic E-state index is 13.2. The lowest BCUT2D eigenvalue weighted by Crippen LogP contribution is -2.47. The van der Waals surface area contributed by atoms with Crippen molar-refractivity contribution >= 4 is 23.0 Å². The number of rotatable bonds is 2. The van der Waals surface area contributed by atoms with Gasteiger partial charge in [0.25, 0.3) is 0 Å². The Balaban J connectivity index is 1.41. The van der Waals surface area contributed by atoms with Gasteiger partial charge in [0.2, 0.25) is 0 Å². The third-order valence-electron chi connectivity index (χ3n) is 6.53. The van der Waals surface area contributed by atoms with Gasteiger partial charge in [-0.15, -0.1) is 0 Å². The summed E-state index contributed by atoms with van der Waals surface area (Å²) < 4.78 is 19.0. The molecule has 2 aromatic carbocycles. The number of H-pyrrole nitrogens is 1. The molecule has 5 rings (SSSR count). The summed E-state index contributed by atoms with van der Waals surface area (Å²) in [5.41, 5.74) is 11.6. The highest BCUT2D eigenvalue weighted by molar-refractivity contribution is 5.84. The molecule has 0 bridgehead atoms. The number of aromatic amines is 1. The molecule has 0 aliphatic carbocycles. The first-order valence-corrected chi connectivity index (χ1v) is 11.1. The zero-order chi connectivity index (χ0) is 22.2. The molecule has 8 heteroatoms. The van der Waals surface area contributed by atoms with Crippen molar-refractivity contribution in [1.82, 2.24) is 19.8 Å². The minimum absolute atomic E-state index is 0.0103. The van der Waals surface area contributed by atoms with Crippen molar-refractivity contribution in [2.75, 3.05) is 38.6 Å². The van der Waals surface area contributed by atoms with Gasteiger partial charge in [-0.2, -0.15) is 0 Å². The number of nitrogens with one attached hydrogen (secondary N) is 1. The van der Waals surface area contributed by atoms with E-state index in [-0.39, 0.29) is 18.6 Å². The summed E-state index contributed by atoms with van der Waals surface area (Å²) in [6.45, 7) is 4.45. The molecule has 32 heavy (non-hydrogen) atoms. The van der Waals surface area contributed by atoms with E-state index >= 15 is 0 Å². The van der Waals surface area contributed by atoms with Crippen molar-refractivity contribution in [3.63, 3.8) is 0 Å². The first-order valence-electron chi connectivity index (χ1n) is 11.1. The number of anilines is 1. The number of ether oxygens (including phenoxy) is 1. The Bertz CT molecular complexity index is 1150. The maximum atomic E-state index is 13.2. The minimum Gasteiger partial charge on any atom is -0.491 e. The normalized spacial score (nSPS) is 17.2. The summed E-state index contributed by atoms with van der Waals surface area (Å²) in [6, 6.07) is 10.2. The summed E-state index contributed by atoms with van der Waals surface area (Å²) in [5.74, 6) is 1.33. The van der Waals surface area contributed by atoms with Gasteiger partial charge in [-0.25, -0.2) is 9.78 Å². The van der Waals surface area contributed by atoms with Crippen LogP contribution >= 0.6 is 0 Å². The summed E-state index contributed by atoms with van der Waals surface area (Å²) in [4.78, 5) is 24.2. The van der Waals surface area contributed by atoms with Crippen LogP contribution in [0.25, 0.3) is 22.2 Å². The summed E-state index contributed by atoms with van der Waals surface area (Å²) in [6.07, 6.45) is 1.46. The summed E-state index contributed by atoms with van der Waals surface area (Å²) in [7, 11) is 0. The average molecular weight is 438 g/mol. The fourth-order valence-corrected chi connectivity index (χ4v) is 4.73. The van der Waals surface area contributed by atoms with Crippen LogP contribution in [0.3, 0.4) is 0 Å². The number of carbonyl (C=O) groups excluding carboxylic acids is 1. The molecule has 3 heterocycles. The van der Waals surface area contributed by atoms with Gasteiger partial charge >= 0.3 is 6.03 Å². The van der Waals surface area contributed by atoms with E-state index in [1.165, 1.54) is 0 Å². The maximum Gasteiger partial charge on any atom is 0.320 e. The number of piperidine rings is 1. The number of fused-ring (bicyclic) bond motifs is 2. The molecule has 3 aromatic rings. The first-order chi connectivity index (χ1) is 15.5. The predicted molar refractivity (Wildman–Crippen MR) is 122 cm³/mol. The van der Waals surface area contributed by atoms with E-state index in [0.717, 1.165) is 51.9 Å². The molecular weight excluding hydrogens is 409 g/mol. The number of hydrogen-bond acceptors (Lipinski definition) is 4. The van der Waals surface area contributed by atoms with Crippen LogP contribution in [0.2, 0.25) is 0 Å². The number of benzene rings is 2. The molecule has 1 fully saturated rings. The van der Waals surface area contributed by atoms with E-state index < -0.39 is 0 Å². The van der Waals surface area contributed by atoms with Crippen LogP contribution in [0, 0.1) is 12.8 Å². The zero-order valence-electron chi connectivity index (χ0n) is 18.2. The molecule has 1 aromatic heterocycles.